The number of azide groups is 1. The number of amides is 1. The molecule has 4 aromatic carbocycles. The first-order chi connectivity index (χ1) is 23.1. The van der Waals surface area contributed by atoms with Gasteiger partial charge in [0.25, 0.3) is 5.91 Å². The molecule has 47 heavy (non-hydrogen) atoms. The van der Waals surface area contributed by atoms with Crippen molar-refractivity contribution in [3.05, 3.63) is 142 Å². The lowest BCUT2D eigenvalue weighted by molar-refractivity contribution is -0.129. The molecular weight excluding hydrogens is 596 g/mol. The SMILES string of the molecule is COc1ccccc1CNNC(=O)[C@@]1(C/C=C/c2ccccc2)N=C(c2ccc(OCCCO)cc2)O[C@H]1c1ccccc1N=[N+]=[N-]. The molecule has 0 bridgehead atoms. The van der Waals surface area contributed by atoms with Gasteiger partial charge in [0.05, 0.1) is 13.7 Å². The molecule has 3 N–H and O–H groups in total. The van der Waals surface area contributed by atoms with Gasteiger partial charge in [-0.2, -0.15) is 0 Å². The minimum atomic E-state index is -1.51. The van der Waals surface area contributed by atoms with Crippen LogP contribution in [-0.2, 0) is 16.1 Å². The van der Waals surface area contributed by atoms with E-state index in [4.69, 9.17) is 24.3 Å². The van der Waals surface area contributed by atoms with Crippen molar-refractivity contribution in [2.45, 2.75) is 31.0 Å². The summed E-state index contributed by atoms with van der Waals surface area (Å²) in [5, 5.41) is 13.0. The second kappa shape index (κ2) is 16.1. The fourth-order valence-corrected chi connectivity index (χ4v) is 5.26. The predicted octanol–water partition coefficient (Wildman–Crippen LogP) is 6.58. The highest BCUT2D eigenvalue weighted by Gasteiger charge is 2.53. The molecule has 0 saturated heterocycles. The van der Waals surface area contributed by atoms with Gasteiger partial charge in [-0.25, -0.2) is 10.4 Å². The van der Waals surface area contributed by atoms with E-state index in [0.29, 0.717) is 47.9 Å². The van der Waals surface area contributed by atoms with Crippen LogP contribution in [0.4, 0.5) is 5.69 Å². The number of aliphatic hydroxyl groups is 1. The maximum absolute atomic E-state index is 14.4. The first kappa shape index (κ1) is 32.8. The Hall–Kier alpha value is -5.61. The van der Waals surface area contributed by atoms with Gasteiger partial charge < -0.3 is 19.3 Å². The van der Waals surface area contributed by atoms with Gasteiger partial charge in [-0.1, -0.05) is 90.1 Å². The quantitative estimate of drug-likeness (QED) is 0.0443. The van der Waals surface area contributed by atoms with Gasteiger partial charge in [0.2, 0.25) is 5.90 Å². The molecule has 4 aromatic rings. The average Bonchev–Trinajstić information content (AvgIpc) is 3.50. The molecule has 0 spiro atoms. The minimum absolute atomic E-state index is 0.0397. The molecule has 1 heterocycles. The van der Waals surface area contributed by atoms with Crippen molar-refractivity contribution < 1.29 is 24.1 Å². The van der Waals surface area contributed by atoms with E-state index in [9.17, 15) is 10.3 Å². The van der Waals surface area contributed by atoms with Crippen molar-refractivity contribution in [1.29, 1.82) is 0 Å². The second-order valence-electron chi connectivity index (χ2n) is 10.7. The van der Waals surface area contributed by atoms with Gasteiger partial charge in [0.15, 0.2) is 11.6 Å². The van der Waals surface area contributed by atoms with E-state index in [2.05, 4.69) is 20.9 Å². The van der Waals surface area contributed by atoms with Crippen LogP contribution in [0, 0.1) is 0 Å². The number of carbonyl (C=O) groups excluding carboxylic acids is 1. The summed E-state index contributed by atoms with van der Waals surface area (Å²) < 4.78 is 17.7. The zero-order valence-electron chi connectivity index (χ0n) is 26.0. The van der Waals surface area contributed by atoms with E-state index >= 15 is 0 Å². The highest BCUT2D eigenvalue weighted by atomic mass is 16.5. The Morgan fingerprint density at radius 1 is 1.04 bits per heavy atom. The molecule has 0 fully saturated rings. The first-order valence-electron chi connectivity index (χ1n) is 15.2. The Bertz CT molecular complexity index is 1760. The number of ether oxygens (including phenoxy) is 3. The summed E-state index contributed by atoms with van der Waals surface area (Å²) in [7, 11) is 1.59. The number of nitrogens with one attached hydrogen (secondary N) is 2. The lowest BCUT2D eigenvalue weighted by atomic mass is 9.83. The molecule has 5 rings (SSSR count). The Morgan fingerprint density at radius 2 is 1.79 bits per heavy atom. The molecular formula is C36H36N6O5. The van der Waals surface area contributed by atoms with Crippen LogP contribution in [-0.4, -0.2) is 42.8 Å². The molecule has 11 nitrogen and oxygen atoms in total. The number of rotatable bonds is 15. The van der Waals surface area contributed by atoms with Crippen molar-refractivity contribution in [2.75, 3.05) is 20.3 Å². The third kappa shape index (κ3) is 7.98. The monoisotopic (exact) mass is 632 g/mol. The summed E-state index contributed by atoms with van der Waals surface area (Å²) in [5.41, 5.74) is 17.0. The maximum atomic E-state index is 14.4. The third-order valence-electron chi connectivity index (χ3n) is 7.61. The summed E-state index contributed by atoms with van der Waals surface area (Å²) in [4.78, 5) is 22.4. The Balaban J connectivity index is 1.54. The number of aliphatic imine (C=N–C) groups is 1. The van der Waals surface area contributed by atoms with Gasteiger partial charge in [0, 0.05) is 53.3 Å². The van der Waals surface area contributed by atoms with Gasteiger partial charge in [-0.3, -0.25) is 10.2 Å². The lowest BCUT2D eigenvalue weighted by Crippen LogP contribution is -2.52. The standard InChI is InChI=1S/C36H36N6O5/c1-45-32-17-8-5-14-28(32)25-38-41-35(44)36(22-9-13-26-11-3-2-4-12-26)33(30-15-6-7-16-31(30)40-42-37)47-34(39-36)27-18-20-29(21-19-27)46-24-10-23-43/h2-9,11-21,33,38,43H,10,22-25H2,1H3,(H,41,44)/b13-9+/t33-,36-/m0/s1. The first-order valence-corrected chi connectivity index (χ1v) is 15.2. The molecule has 2 atom stereocenters. The summed E-state index contributed by atoms with van der Waals surface area (Å²) in [6.07, 6.45) is 3.55. The van der Waals surface area contributed by atoms with Crippen molar-refractivity contribution >= 4 is 23.6 Å². The van der Waals surface area contributed by atoms with Crippen LogP contribution in [0.25, 0.3) is 16.5 Å². The van der Waals surface area contributed by atoms with E-state index in [1.165, 1.54) is 0 Å². The number of nitrogens with zero attached hydrogens (tertiary/aromatic N) is 4. The number of aliphatic hydroxyl groups excluding tert-OH is 1. The zero-order valence-corrected chi connectivity index (χ0v) is 26.0. The molecule has 240 valence electrons. The van der Waals surface area contributed by atoms with Crippen molar-refractivity contribution in [2.24, 2.45) is 10.1 Å². The third-order valence-corrected chi connectivity index (χ3v) is 7.61. The largest absolute Gasteiger partial charge is 0.496 e. The Labute approximate surface area is 273 Å². The number of benzene rings is 4. The van der Waals surface area contributed by atoms with Crippen LogP contribution in [0.3, 0.4) is 0 Å². The van der Waals surface area contributed by atoms with Gasteiger partial charge in [-0.15, -0.1) is 0 Å². The summed E-state index contributed by atoms with van der Waals surface area (Å²) >= 11 is 0. The molecule has 0 radical (unpaired) electrons. The van der Waals surface area contributed by atoms with Crippen LogP contribution in [0.15, 0.2) is 119 Å². The fourth-order valence-electron chi connectivity index (χ4n) is 5.26. The van der Waals surface area contributed by atoms with Gasteiger partial charge in [0.1, 0.15) is 11.5 Å². The highest BCUT2D eigenvalue weighted by Crippen LogP contribution is 2.45. The topological polar surface area (TPSA) is 150 Å². The maximum Gasteiger partial charge on any atom is 0.266 e. The lowest BCUT2D eigenvalue weighted by Gasteiger charge is -2.30. The number of hydrogen-bond acceptors (Lipinski definition) is 8. The van der Waals surface area contributed by atoms with Crippen LogP contribution in [0.1, 0.15) is 41.2 Å². The molecule has 0 saturated carbocycles. The smallest absolute Gasteiger partial charge is 0.266 e. The number of methoxy groups -OCH3 is 1. The van der Waals surface area contributed by atoms with Crippen LogP contribution in [0.5, 0.6) is 11.5 Å². The van der Waals surface area contributed by atoms with Crippen LogP contribution < -0.4 is 20.3 Å². The normalized spacial score (nSPS) is 17.0. The molecule has 0 unspecified atom stereocenters. The van der Waals surface area contributed by atoms with Crippen molar-refractivity contribution in [1.82, 2.24) is 10.9 Å². The molecule has 1 aliphatic rings. The number of hydrogen-bond donors (Lipinski definition) is 3. The fraction of sp³-hybridized carbons (Fsp3) is 0.222. The molecule has 1 aliphatic heterocycles. The highest BCUT2D eigenvalue weighted by molar-refractivity contribution is 6.01. The zero-order chi connectivity index (χ0) is 32.9. The van der Waals surface area contributed by atoms with Crippen LogP contribution >= 0.6 is 0 Å². The van der Waals surface area contributed by atoms with Crippen molar-refractivity contribution in [3.8, 4) is 11.5 Å². The molecule has 0 aliphatic carbocycles. The van der Waals surface area contributed by atoms with Crippen molar-refractivity contribution in [3.63, 3.8) is 0 Å². The summed E-state index contributed by atoms with van der Waals surface area (Å²) in [5.74, 6) is 1.12. The molecule has 1 amide bonds. The molecule has 0 aromatic heterocycles. The number of hydrazine groups is 1. The van der Waals surface area contributed by atoms with Crippen LogP contribution in [0.2, 0.25) is 0 Å². The summed E-state index contributed by atoms with van der Waals surface area (Å²) in [6, 6.07) is 31.5. The molecule has 11 heteroatoms. The summed E-state index contributed by atoms with van der Waals surface area (Å²) in [6.45, 7) is 0.712. The Kier molecular flexibility index (Phi) is 11.2. The second-order valence-corrected chi connectivity index (χ2v) is 10.7. The van der Waals surface area contributed by atoms with E-state index in [-0.39, 0.29) is 18.9 Å². The van der Waals surface area contributed by atoms with E-state index in [0.717, 1.165) is 11.1 Å². The van der Waals surface area contributed by atoms with Gasteiger partial charge >= 0.3 is 0 Å². The number of carbonyl (C=O) groups is 1. The van der Waals surface area contributed by atoms with E-state index in [1.54, 1.807) is 55.6 Å². The van der Waals surface area contributed by atoms with E-state index < -0.39 is 17.6 Å². The van der Waals surface area contributed by atoms with Gasteiger partial charge in [-0.05, 0) is 41.4 Å². The van der Waals surface area contributed by atoms with E-state index in [1.807, 2.05) is 66.7 Å². The Morgan fingerprint density at radius 3 is 2.55 bits per heavy atom. The number of para-hydroxylation sites is 1. The predicted molar refractivity (Wildman–Crippen MR) is 180 cm³/mol. The minimum Gasteiger partial charge on any atom is -0.496 e. The average molecular weight is 633 g/mol.